The number of anilines is 1. The molecule has 1 aromatic heterocycles. The quantitative estimate of drug-likeness (QED) is 0.870. The highest BCUT2D eigenvalue weighted by atomic mass is 35.5. The number of amides is 1. The Morgan fingerprint density at radius 2 is 2.30 bits per heavy atom. The second-order valence-electron chi connectivity index (χ2n) is 6.45. The molecule has 128 valence electrons. The molecule has 23 heavy (non-hydrogen) atoms. The molecule has 3 atom stereocenters. The fourth-order valence-corrected chi connectivity index (χ4v) is 3.45. The molecule has 3 rings (SSSR count). The molecule has 0 radical (unpaired) electrons. The summed E-state index contributed by atoms with van der Waals surface area (Å²) in [6, 6.07) is 4.53. The summed E-state index contributed by atoms with van der Waals surface area (Å²) >= 11 is 0. The Labute approximate surface area is 143 Å². The zero-order chi connectivity index (χ0) is 15.4. The van der Waals surface area contributed by atoms with Gasteiger partial charge in [-0.3, -0.25) is 4.79 Å². The molecular weight excluding hydrogens is 314 g/mol. The van der Waals surface area contributed by atoms with Crippen molar-refractivity contribution in [1.29, 1.82) is 0 Å². The number of hydrogen-bond donors (Lipinski definition) is 2. The van der Waals surface area contributed by atoms with E-state index in [1.807, 2.05) is 12.1 Å². The minimum atomic E-state index is 0. The third-order valence-corrected chi connectivity index (χ3v) is 4.64. The molecule has 3 heterocycles. The maximum atomic E-state index is 12.5. The molecule has 7 heteroatoms. The Hall–Kier alpha value is -1.40. The highest BCUT2D eigenvalue weighted by Gasteiger charge is 2.28. The first-order valence-corrected chi connectivity index (χ1v) is 8.29. The van der Waals surface area contributed by atoms with Crippen LogP contribution in [-0.4, -0.2) is 47.8 Å². The number of hydrogen-bond acceptors (Lipinski definition) is 5. The van der Waals surface area contributed by atoms with Crippen molar-refractivity contribution in [2.75, 3.05) is 24.5 Å². The second kappa shape index (κ2) is 8.45. The smallest absolute Gasteiger partial charge is 0.223 e. The van der Waals surface area contributed by atoms with E-state index in [1.165, 1.54) is 0 Å². The van der Waals surface area contributed by atoms with Crippen LogP contribution < -0.4 is 15.5 Å². The molecule has 1 unspecified atom stereocenters. The van der Waals surface area contributed by atoms with Crippen LogP contribution in [0.25, 0.3) is 0 Å². The normalized spacial score (nSPS) is 27.9. The predicted molar refractivity (Wildman–Crippen MR) is 92.8 cm³/mol. The van der Waals surface area contributed by atoms with E-state index in [-0.39, 0.29) is 30.3 Å². The fraction of sp³-hybridized carbons (Fsp3) is 0.688. The third kappa shape index (κ3) is 4.78. The molecule has 0 bridgehead atoms. The number of carbonyl (C=O) groups excluding carboxylic acids is 1. The number of nitrogens with one attached hydrogen (secondary N) is 2. The van der Waals surface area contributed by atoms with Crippen molar-refractivity contribution in [3.63, 3.8) is 0 Å². The van der Waals surface area contributed by atoms with E-state index in [0.29, 0.717) is 6.04 Å². The largest absolute Gasteiger partial charge is 0.353 e. The van der Waals surface area contributed by atoms with Crippen molar-refractivity contribution < 1.29 is 4.79 Å². The summed E-state index contributed by atoms with van der Waals surface area (Å²) in [7, 11) is 0. The van der Waals surface area contributed by atoms with Gasteiger partial charge in [0.25, 0.3) is 0 Å². The Morgan fingerprint density at radius 1 is 1.43 bits per heavy atom. The molecule has 2 aliphatic rings. The fourth-order valence-electron chi connectivity index (χ4n) is 3.45. The molecule has 0 aromatic carbocycles. The minimum absolute atomic E-state index is 0. The first kappa shape index (κ1) is 17.9. The van der Waals surface area contributed by atoms with Crippen LogP contribution in [0, 0.1) is 5.92 Å². The Bertz CT molecular complexity index is 501. The highest BCUT2D eigenvalue weighted by molar-refractivity contribution is 5.85. The van der Waals surface area contributed by atoms with Gasteiger partial charge in [0, 0.05) is 37.3 Å². The van der Waals surface area contributed by atoms with E-state index in [1.54, 1.807) is 6.20 Å². The lowest BCUT2D eigenvalue weighted by Gasteiger charge is -2.35. The monoisotopic (exact) mass is 339 g/mol. The van der Waals surface area contributed by atoms with Crippen LogP contribution in [0.2, 0.25) is 0 Å². The van der Waals surface area contributed by atoms with Gasteiger partial charge in [0.2, 0.25) is 5.91 Å². The average Bonchev–Trinajstić information content (AvgIpc) is 2.56. The van der Waals surface area contributed by atoms with Gasteiger partial charge in [0.05, 0.1) is 0 Å². The van der Waals surface area contributed by atoms with Gasteiger partial charge in [-0.15, -0.1) is 17.5 Å². The van der Waals surface area contributed by atoms with Crippen molar-refractivity contribution in [2.24, 2.45) is 5.92 Å². The van der Waals surface area contributed by atoms with Crippen molar-refractivity contribution in [3.05, 3.63) is 18.3 Å². The van der Waals surface area contributed by atoms with Crippen LogP contribution in [0.3, 0.4) is 0 Å². The summed E-state index contributed by atoms with van der Waals surface area (Å²) in [6.45, 7) is 4.89. The maximum Gasteiger partial charge on any atom is 0.223 e. The number of nitrogens with zero attached hydrogens (tertiary/aromatic N) is 3. The lowest BCUT2D eigenvalue weighted by molar-refractivity contribution is -0.126. The van der Waals surface area contributed by atoms with Crippen LogP contribution in [0.4, 0.5) is 5.82 Å². The second-order valence-corrected chi connectivity index (χ2v) is 6.45. The molecule has 2 aliphatic heterocycles. The van der Waals surface area contributed by atoms with Crippen LogP contribution in [-0.2, 0) is 4.79 Å². The number of rotatable bonds is 3. The van der Waals surface area contributed by atoms with Gasteiger partial charge in [-0.1, -0.05) is 0 Å². The maximum absolute atomic E-state index is 12.5. The van der Waals surface area contributed by atoms with Crippen molar-refractivity contribution in [2.45, 2.75) is 44.7 Å². The first-order valence-electron chi connectivity index (χ1n) is 8.29. The SMILES string of the molecule is C[C@H]1C[C@@H](C(=O)NC2CCCN(c3cccnn3)C2)CCN1.Cl. The van der Waals surface area contributed by atoms with Gasteiger partial charge in [-0.05, 0) is 51.3 Å². The number of halogens is 1. The molecule has 1 aromatic rings. The van der Waals surface area contributed by atoms with E-state index in [2.05, 4.69) is 32.7 Å². The van der Waals surface area contributed by atoms with E-state index < -0.39 is 0 Å². The molecule has 0 saturated carbocycles. The van der Waals surface area contributed by atoms with Crippen molar-refractivity contribution >= 4 is 24.1 Å². The van der Waals surface area contributed by atoms with Crippen LogP contribution in [0.1, 0.15) is 32.6 Å². The topological polar surface area (TPSA) is 70.2 Å². The lowest BCUT2D eigenvalue weighted by Crippen LogP contribution is -2.51. The van der Waals surface area contributed by atoms with E-state index in [0.717, 1.165) is 51.1 Å². The summed E-state index contributed by atoms with van der Waals surface area (Å²) < 4.78 is 0. The summed E-state index contributed by atoms with van der Waals surface area (Å²) in [4.78, 5) is 14.7. The van der Waals surface area contributed by atoms with Gasteiger partial charge >= 0.3 is 0 Å². The molecular formula is C16H26ClN5O. The van der Waals surface area contributed by atoms with Gasteiger partial charge in [0.15, 0.2) is 5.82 Å². The van der Waals surface area contributed by atoms with Gasteiger partial charge in [-0.25, -0.2) is 0 Å². The number of aromatic nitrogens is 2. The van der Waals surface area contributed by atoms with Crippen LogP contribution in [0.15, 0.2) is 18.3 Å². The minimum Gasteiger partial charge on any atom is -0.353 e. The van der Waals surface area contributed by atoms with E-state index >= 15 is 0 Å². The highest BCUT2D eigenvalue weighted by Crippen LogP contribution is 2.19. The van der Waals surface area contributed by atoms with Crippen molar-refractivity contribution in [1.82, 2.24) is 20.8 Å². The lowest BCUT2D eigenvalue weighted by atomic mass is 9.92. The van der Waals surface area contributed by atoms with Gasteiger partial charge in [0.1, 0.15) is 0 Å². The summed E-state index contributed by atoms with van der Waals surface area (Å²) in [5, 5.41) is 14.8. The first-order chi connectivity index (χ1) is 10.7. The molecule has 2 N–H and O–H groups in total. The molecule has 0 aliphatic carbocycles. The van der Waals surface area contributed by atoms with Crippen LogP contribution in [0.5, 0.6) is 0 Å². The Morgan fingerprint density at radius 3 is 3.04 bits per heavy atom. The third-order valence-electron chi connectivity index (χ3n) is 4.64. The summed E-state index contributed by atoms with van der Waals surface area (Å²) in [6.07, 6.45) is 5.68. The molecule has 6 nitrogen and oxygen atoms in total. The zero-order valence-corrected chi connectivity index (χ0v) is 14.4. The molecule has 2 saturated heterocycles. The molecule has 0 spiro atoms. The standard InChI is InChI=1S/C16H25N5O.ClH/c1-12-10-13(6-8-17-12)16(22)19-14-4-3-9-21(11-14)15-5-2-7-18-20-15;/h2,5,7,12-14,17H,3-4,6,8-11H2,1H3,(H,19,22);1H/t12-,13-,14?;/m0./s1. The molecule has 1 amide bonds. The molecule has 2 fully saturated rings. The van der Waals surface area contributed by atoms with Gasteiger partial charge in [-0.2, -0.15) is 5.10 Å². The summed E-state index contributed by atoms with van der Waals surface area (Å²) in [5.74, 6) is 1.28. The van der Waals surface area contributed by atoms with Gasteiger partial charge < -0.3 is 15.5 Å². The number of piperidine rings is 2. The van der Waals surface area contributed by atoms with Crippen molar-refractivity contribution in [3.8, 4) is 0 Å². The van der Waals surface area contributed by atoms with Crippen LogP contribution >= 0.6 is 12.4 Å². The Balaban J connectivity index is 0.00000192. The van der Waals surface area contributed by atoms with E-state index in [4.69, 9.17) is 0 Å². The summed E-state index contributed by atoms with van der Waals surface area (Å²) in [5.41, 5.74) is 0. The van der Waals surface area contributed by atoms with E-state index in [9.17, 15) is 4.79 Å². The Kier molecular flexibility index (Phi) is 6.59. The predicted octanol–water partition coefficient (Wildman–Crippen LogP) is 1.37. The zero-order valence-electron chi connectivity index (χ0n) is 13.6. The average molecular weight is 340 g/mol. The number of carbonyl (C=O) groups is 1.